The van der Waals surface area contributed by atoms with Crippen molar-refractivity contribution in [2.75, 3.05) is 11.1 Å². The number of nitrogen functional groups attached to an aromatic ring is 1. The van der Waals surface area contributed by atoms with Crippen LogP contribution in [0.4, 0.5) is 11.4 Å². The maximum absolute atomic E-state index is 5.76. The van der Waals surface area contributed by atoms with E-state index in [4.69, 9.17) is 5.73 Å². The Labute approximate surface area is 120 Å². The summed E-state index contributed by atoms with van der Waals surface area (Å²) in [6.07, 6.45) is 0. The molecule has 96 valence electrons. The molecule has 3 N–H and O–H groups in total. The normalized spacial score (nSPS) is 12.7. The van der Waals surface area contributed by atoms with Crippen LogP contribution in [-0.2, 0) is 0 Å². The molecule has 0 radical (unpaired) electrons. The number of hydrogen-bond acceptors (Lipinski definition) is 3. The fourth-order valence-corrected chi connectivity index (χ4v) is 3.31. The predicted octanol–water partition coefficient (Wildman–Crippen LogP) is 4.90. The third-order valence-corrected chi connectivity index (χ3v) is 4.43. The largest absolute Gasteiger partial charge is 0.399 e. The molecule has 4 heteroatoms. The zero-order valence-corrected chi connectivity index (χ0v) is 12.9. The maximum atomic E-state index is 5.76. The topological polar surface area (TPSA) is 38.0 Å². The summed E-state index contributed by atoms with van der Waals surface area (Å²) < 4.78 is 1.00. The first-order chi connectivity index (χ1) is 8.58. The highest BCUT2D eigenvalue weighted by Gasteiger charge is 2.17. The van der Waals surface area contributed by atoms with Crippen LogP contribution in [0.15, 0.2) is 40.2 Å². The van der Waals surface area contributed by atoms with E-state index in [1.54, 1.807) is 11.3 Å². The van der Waals surface area contributed by atoms with Gasteiger partial charge in [-0.3, -0.25) is 0 Å². The Balaban J connectivity index is 2.24. The van der Waals surface area contributed by atoms with E-state index in [0.717, 1.165) is 15.8 Å². The highest BCUT2D eigenvalue weighted by Crippen LogP contribution is 2.33. The van der Waals surface area contributed by atoms with Crippen LogP contribution in [0.3, 0.4) is 0 Å². The third-order valence-electron chi connectivity index (χ3n) is 2.82. The lowest BCUT2D eigenvalue weighted by Gasteiger charge is -2.23. The summed E-state index contributed by atoms with van der Waals surface area (Å²) in [7, 11) is 0. The molecular weight excluding hydrogens is 308 g/mol. The van der Waals surface area contributed by atoms with Gasteiger partial charge in [-0.2, -0.15) is 0 Å². The zero-order chi connectivity index (χ0) is 13.1. The van der Waals surface area contributed by atoms with Crippen molar-refractivity contribution in [3.05, 3.63) is 45.1 Å². The lowest BCUT2D eigenvalue weighted by atomic mass is 10.0. The molecule has 2 rings (SSSR count). The van der Waals surface area contributed by atoms with Crippen molar-refractivity contribution in [3.8, 4) is 0 Å². The van der Waals surface area contributed by atoms with Gasteiger partial charge in [0.1, 0.15) is 0 Å². The van der Waals surface area contributed by atoms with Crippen LogP contribution in [0.5, 0.6) is 0 Å². The molecule has 1 aromatic carbocycles. The Morgan fingerprint density at radius 1 is 1.28 bits per heavy atom. The summed E-state index contributed by atoms with van der Waals surface area (Å²) in [6, 6.07) is 10.4. The molecule has 1 aromatic heterocycles. The van der Waals surface area contributed by atoms with Crippen molar-refractivity contribution in [1.29, 1.82) is 0 Å². The molecule has 0 aliphatic heterocycles. The maximum Gasteiger partial charge on any atom is 0.0629 e. The van der Waals surface area contributed by atoms with Crippen molar-refractivity contribution in [2.45, 2.75) is 19.9 Å². The lowest BCUT2D eigenvalue weighted by Crippen LogP contribution is -2.15. The summed E-state index contributed by atoms with van der Waals surface area (Å²) in [6.45, 7) is 4.45. The Hall–Kier alpha value is -1.00. The summed E-state index contributed by atoms with van der Waals surface area (Å²) >= 11 is 5.33. The van der Waals surface area contributed by atoms with Crippen LogP contribution < -0.4 is 11.1 Å². The van der Waals surface area contributed by atoms with Crippen LogP contribution in [0, 0.1) is 5.92 Å². The smallest absolute Gasteiger partial charge is 0.0629 e. The minimum Gasteiger partial charge on any atom is -0.399 e. The lowest BCUT2D eigenvalue weighted by molar-refractivity contribution is 0.553. The number of anilines is 2. The summed E-state index contributed by atoms with van der Waals surface area (Å²) in [5.74, 6) is 0.521. The van der Waals surface area contributed by atoms with Crippen molar-refractivity contribution in [1.82, 2.24) is 0 Å². The first-order valence-electron chi connectivity index (χ1n) is 5.93. The fraction of sp³-hybridized carbons (Fsp3) is 0.286. The molecule has 0 saturated carbocycles. The molecule has 1 unspecified atom stereocenters. The minimum atomic E-state index is 0.324. The summed E-state index contributed by atoms with van der Waals surface area (Å²) in [5.41, 5.74) is 7.61. The monoisotopic (exact) mass is 324 g/mol. The Bertz CT molecular complexity index is 509. The van der Waals surface area contributed by atoms with E-state index < -0.39 is 0 Å². The molecule has 1 atom stereocenters. The first kappa shape index (κ1) is 13.4. The van der Waals surface area contributed by atoms with Crippen molar-refractivity contribution >= 4 is 38.6 Å². The van der Waals surface area contributed by atoms with E-state index in [2.05, 4.69) is 52.6 Å². The average molecular weight is 325 g/mol. The van der Waals surface area contributed by atoms with Crippen molar-refractivity contribution in [2.24, 2.45) is 5.92 Å². The predicted molar refractivity (Wildman–Crippen MR) is 84.1 cm³/mol. The van der Waals surface area contributed by atoms with Crippen LogP contribution in [0.1, 0.15) is 24.8 Å². The number of hydrogen-bond donors (Lipinski definition) is 2. The molecular formula is C14H17BrN2S. The van der Waals surface area contributed by atoms with Crippen molar-refractivity contribution < 1.29 is 0 Å². The first-order valence-corrected chi connectivity index (χ1v) is 7.60. The second kappa shape index (κ2) is 5.76. The second-order valence-electron chi connectivity index (χ2n) is 4.62. The molecule has 0 amide bonds. The SMILES string of the molecule is CC(C)C(Nc1ccc(N)cc1Br)c1cccs1. The van der Waals surface area contributed by atoms with Gasteiger partial charge in [-0.25, -0.2) is 0 Å². The molecule has 2 nitrogen and oxygen atoms in total. The van der Waals surface area contributed by atoms with Crippen LogP contribution in [0.25, 0.3) is 0 Å². The van der Waals surface area contributed by atoms with Gasteiger partial charge in [0.05, 0.1) is 6.04 Å². The number of nitrogens with two attached hydrogens (primary N) is 1. The molecule has 2 aromatic rings. The van der Waals surface area contributed by atoms with E-state index in [-0.39, 0.29) is 0 Å². The molecule has 0 aliphatic rings. The van der Waals surface area contributed by atoms with Gasteiger partial charge >= 0.3 is 0 Å². The quantitative estimate of drug-likeness (QED) is 0.785. The number of nitrogens with one attached hydrogen (secondary N) is 1. The summed E-state index contributed by atoms with van der Waals surface area (Å²) in [4.78, 5) is 1.36. The fourth-order valence-electron chi connectivity index (χ4n) is 1.85. The Morgan fingerprint density at radius 2 is 2.06 bits per heavy atom. The Kier molecular flexibility index (Phi) is 4.30. The average Bonchev–Trinajstić information content (AvgIpc) is 2.80. The van der Waals surface area contributed by atoms with Gasteiger partial charge < -0.3 is 11.1 Å². The van der Waals surface area contributed by atoms with Crippen LogP contribution >= 0.6 is 27.3 Å². The van der Waals surface area contributed by atoms with E-state index >= 15 is 0 Å². The molecule has 0 bridgehead atoms. The van der Waals surface area contributed by atoms with Gasteiger partial charge in [0.15, 0.2) is 0 Å². The van der Waals surface area contributed by atoms with Gasteiger partial charge in [0.2, 0.25) is 0 Å². The number of thiophene rings is 1. The minimum absolute atomic E-state index is 0.324. The summed E-state index contributed by atoms with van der Waals surface area (Å²) in [5, 5.41) is 5.70. The van der Waals surface area contributed by atoms with Gasteiger partial charge in [0.25, 0.3) is 0 Å². The number of halogens is 1. The van der Waals surface area contributed by atoms with E-state index in [9.17, 15) is 0 Å². The molecule has 0 fully saturated rings. The molecule has 0 spiro atoms. The van der Waals surface area contributed by atoms with Crippen LogP contribution in [0.2, 0.25) is 0 Å². The highest BCUT2D eigenvalue weighted by molar-refractivity contribution is 9.10. The number of benzene rings is 1. The zero-order valence-electron chi connectivity index (χ0n) is 10.5. The van der Waals surface area contributed by atoms with Gasteiger partial charge in [-0.05, 0) is 51.5 Å². The standard InChI is InChI=1S/C14H17BrN2S/c1-9(2)14(13-4-3-7-18-13)17-12-6-5-10(16)8-11(12)15/h3-9,14,17H,16H2,1-2H3. The van der Waals surface area contributed by atoms with E-state index in [1.165, 1.54) is 4.88 Å². The molecule has 18 heavy (non-hydrogen) atoms. The van der Waals surface area contributed by atoms with E-state index in [0.29, 0.717) is 12.0 Å². The van der Waals surface area contributed by atoms with Gasteiger partial charge in [-0.15, -0.1) is 11.3 Å². The second-order valence-corrected chi connectivity index (χ2v) is 6.45. The van der Waals surface area contributed by atoms with E-state index in [1.807, 2.05) is 18.2 Å². The van der Waals surface area contributed by atoms with Crippen LogP contribution in [-0.4, -0.2) is 0 Å². The highest BCUT2D eigenvalue weighted by atomic mass is 79.9. The Morgan fingerprint density at radius 3 is 2.61 bits per heavy atom. The van der Waals surface area contributed by atoms with Gasteiger partial charge in [0, 0.05) is 20.7 Å². The third kappa shape index (κ3) is 3.06. The molecule has 0 saturated heterocycles. The van der Waals surface area contributed by atoms with Gasteiger partial charge in [-0.1, -0.05) is 19.9 Å². The molecule has 1 heterocycles. The molecule has 0 aliphatic carbocycles. The van der Waals surface area contributed by atoms with Crippen molar-refractivity contribution in [3.63, 3.8) is 0 Å². The number of rotatable bonds is 4.